The van der Waals surface area contributed by atoms with Gasteiger partial charge in [0.15, 0.2) is 0 Å². The van der Waals surface area contributed by atoms with Crippen LogP contribution in [0.25, 0.3) is 22.5 Å². The Morgan fingerprint density at radius 2 is 1.52 bits per heavy atom. The Bertz CT molecular complexity index is 1840. The highest BCUT2D eigenvalue weighted by molar-refractivity contribution is 6.04. The standard InChI is InChI=1S/C41H54N6O7/c1-40(2,3)31-26-36(51)45(39(31)52)20-18-34(49)42-19-22-53-24-25-54-23-21-47-38-30-14-9-10-15-32(30)46(35(50)17-11-16-33(48)41(4,5)6)27-28-12-7-8-13-29(28)37(38)43-44-47/h7-10,12-15,31H,11,16-27H2,1-6H3,(H,42,49). The van der Waals surface area contributed by atoms with Gasteiger partial charge in [0.1, 0.15) is 11.5 Å². The average Bonchev–Trinajstić information content (AvgIpc) is 3.66. The summed E-state index contributed by atoms with van der Waals surface area (Å²) in [6.45, 7) is 14.0. The molecule has 0 aliphatic carbocycles. The van der Waals surface area contributed by atoms with Gasteiger partial charge in [0.05, 0.1) is 56.8 Å². The van der Waals surface area contributed by atoms with Crippen LogP contribution < -0.4 is 10.2 Å². The lowest BCUT2D eigenvalue weighted by atomic mass is 9.80. The summed E-state index contributed by atoms with van der Waals surface area (Å²) in [7, 11) is 0. The summed E-state index contributed by atoms with van der Waals surface area (Å²) in [5.74, 6) is -0.938. The molecule has 2 aromatic carbocycles. The Hall–Kier alpha value is -4.75. The van der Waals surface area contributed by atoms with E-state index in [0.29, 0.717) is 52.3 Å². The van der Waals surface area contributed by atoms with E-state index in [0.717, 1.165) is 33.8 Å². The zero-order valence-corrected chi connectivity index (χ0v) is 32.5. The SMILES string of the molecule is CC(C)(C)C(=O)CCCC(=O)N1Cc2ccccc2-c2nnn(CCOCCOCCNC(=O)CCN3C(=O)CC(C(C)(C)C)C3=O)c2-c2ccccc21. The van der Waals surface area contributed by atoms with Crippen LogP contribution in [-0.2, 0) is 46.5 Å². The molecule has 1 aromatic heterocycles. The Balaban J connectivity index is 1.11. The Kier molecular flexibility index (Phi) is 13.2. The molecule has 0 radical (unpaired) electrons. The number of anilines is 1. The Labute approximate surface area is 317 Å². The molecular formula is C41H54N6O7. The fraction of sp³-hybridized carbons (Fsp3) is 0.537. The third-order valence-corrected chi connectivity index (χ3v) is 9.96. The van der Waals surface area contributed by atoms with Crippen molar-refractivity contribution in [3.8, 4) is 22.5 Å². The molecule has 1 fully saturated rings. The molecule has 13 nitrogen and oxygen atoms in total. The molecule has 2 aliphatic rings. The number of carbonyl (C=O) groups excluding carboxylic acids is 5. The first kappa shape index (κ1) is 40.4. The van der Waals surface area contributed by atoms with Crippen LogP contribution in [0, 0.1) is 16.7 Å². The van der Waals surface area contributed by atoms with Crippen molar-refractivity contribution in [2.75, 3.05) is 44.4 Å². The van der Waals surface area contributed by atoms with Crippen molar-refractivity contribution in [2.24, 2.45) is 16.7 Å². The number of benzene rings is 2. The first-order chi connectivity index (χ1) is 25.7. The smallest absolute Gasteiger partial charge is 0.233 e. The number of ketones is 1. The van der Waals surface area contributed by atoms with E-state index in [2.05, 4.69) is 15.6 Å². The predicted octanol–water partition coefficient (Wildman–Crippen LogP) is 5.20. The van der Waals surface area contributed by atoms with Crippen LogP contribution in [0.15, 0.2) is 48.5 Å². The van der Waals surface area contributed by atoms with Gasteiger partial charge in [0, 0.05) is 55.3 Å². The minimum atomic E-state index is -0.438. The van der Waals surface area contributed by atoms with E-state index in [4.69, 9.17) is 9.47 Å². The maximum Gasteiger partial charge on any atom is 0.233 e. The van der Waals surface area contributed by atoms with E-state index in [-0.39, 0.29) is 73.2 Å². The van der Waals surface area contributed by atoms with E-state index in [1.807, 2.05) is 99.7 Å². The number of nitrogens with zero attached hydrogens (tertiary/aromatic N) is 5. The number of ether oxygens (including phenoxy) is 2. The number of carbonyl (C=O) groups is 5. The fourth-order valence-electron chi connectivity index (χ4n) is 6.74. The van der Waals surface area contributed by atoms with E-state index in [9.17, 15) is 24.0 Å². The highest BCUT2D eigenvalue weighted by Crippen LogP contribution is 2.41. The highest BCUT2D eigenvalue weighted by atomic mass is 16.5. The van der Waals surface area contributed by atoms with Gasteiger partial charge in [0.25, 0.3) is 0 Å². The lowest BCUT2D eigenvalue weighted by Gasteiger charge is -2.29. The molecule has 4 amide bonds. The highest BCUT2D eigenvalue weighted by Gasteiger charge is 2.44. The maximum absolute atomic E-state index is 13.8. The van der Waals surface area contributed by atoms with Crippen molar-refractivity contribution in [2.45, 2.75) is 86.7 Å². The summed E-state index contributed by atoms with van der Waals surface area (Å²) in [5.41, 5.74) is 4.24. The average molecular weight is 743 g/mol. The summed E-state index contributed by atoms with van der Waals surface area (Å²) in [6, 6.07) is 15.7. The zero-order chi connectivity index (χ0) is 39.0. The predicted molar refractivity (Wildman–Crippen MR) is 204 cm³/mol. The number of hydrogen-bond acceptors (Lipinski definition) is 9. The Morgan fingerprint density at radius 3 is 2.22 bits per heavy atom. The quantitative estimate of drug-likeness (QED) is 0.154. The largest absolute Gasteiger partial charge is 0.377 e. The van der Waals surface area contributed by atoms with Crippen molar-refractivity contribution in [1.82, 2.24) is 25.2 Å². The van der Waals surface area contributed by atoms with E-state index >= 15 is 0 Å². The van der Waals surface area contributed by atoms with Crippen molar-refractivity contribution in [1.29, 1.82) is 0 Å². The second-order valence-electron chi connectivity index (χ2n) is 16.0. The second kappa shape index (κ2) is 17.6. The van der Waals surface area contributed by atoms with Gasteiger partial charge >= 0.3 is 0 Å². The van der Waals surface area contributed by atoms with Crippen molar-refractivity contribution in [3.63, 3.8) is 0 Å². The molecule has 2 aliphatic heterocycles. The summed E-state index contributed by atoms with van der Waals surface area (Å²) in [4.78, 5) is 66.7. The van der Waals surface area contributed by atoms with Gasteiger partial charge in [-0.2, -0.15) is 0 Å². The lowest BCUT2D eigenvalue weighted by Crippen LogP contribution is -2.37. The number of likely N-dealkylation sites (tertiary alicyclic amines) is 1. The number of rotatable bonds is 16. The van der Waals surface area contributed by atoms with Crippen molar-refractivity contribution in [3.05, 3.63) is 54.1 Å². The van der Waals surface area contributed by atoms with Gasteiger partial charge in [-0.05, 0) is 23.5 Å². The number of aromatic nitrogens is 3. The fourth-order valence-corrected chi connectivity index (χ4v) is 6.74. The molecule has 3 aromatic rings. The Morgan fingerprint density at radius 1 is 0.833 bits per heavy atom. The van der Waals surface area contributed by atoms with Gasteiger partial charge in [-0.3, -0.25) is 28.9 Å². The molecule has 3 heterocycles. The van der Waals surface area contributed by atoms with E-state index in [1.165, 1.54) is 4.90 Å². The van der Waals surface area contributed by atoms with Crippen LogP contribution >= 0.6 is 0 Å². The van der Waals surface area contributed by atoms with Gasteiger partial charge < -0.3 is 19.7 Å². The van der Waals surface area contributed by atoms with Crippen LogP contribution in [-0.4, -0.2) is 88.8 Å². The molecule has 0 spiro atoms. The number of Topliss-reactive ketones (excluding diaryl/α,β-unsaturated/α-hetero) is 1. The van der Waals surface area contributed by atoms with Crippen molar-refractivity contribution >= 4 is 35.1 Å². The number of fused-ring (bicyclic) bond motifs is 5. The van der Waals surface area contributed by atoms with E-state index in [1.54, 1.807) is 0 Å². The molecule has 1 N–H and O–H groups in total. The molecule has 5 rings (SSSR count). The summed E-state index contributed by atoms with van der Waals surface area (Å²) < 4.78 is 13.3. The number of imide groups is 1. The number of para-hydroxylation sites is 1. The molecule has 1 unspecified atom stereocenters. The minimum Gasteiger partial charge on any atom is -0.377 e. The lowest BCUT2D eigenvalue weighted by molar-refractivity contribution is -0.140. The first-order valence-corrected chi connectivity index (χ1v) is 18.9. The van der Waals surface area contributed by atoms with E-state index < -0.39 is 5.41 Å². The second-order valence-corrected chi connectivity index (χ2v) is 16.0. The van der Waals surface area contributed by atoms with Gasteiger partial charge in [-0.1, -0.05) is 89.2 Å². The van der Waals surface area contributed by atoms with Crippen LogP contribution in [0.1, 0.15) is 79.2 Å². The first-order valence-electron chi connectivity index (χ1n) is 18.9. The summed E-state index contributed by atoms with van der Waals surface area (Å²) in [5, 5.41) is 11.9. The molecule has 0 bridgehead atoms. The van der Waals surface area contributed by atoms with Crippen LogP contribution in [0.2, 0.25) is 0 Å². The van der Waals surface area contributed by atoms with Gasteiger partial charge in [-0.25, -0.2) is 4.68 Å². The maximum atomic E-state index is 13.8. The minimum absolute atomic E-state index is 0.0475. The van der Waals surface area contributed by atoms with Crippen LogP contribution in [0.4, 0.5) is 5.69 Å². The molecule has 0 saturated carbocycles. The van der Waals surface area contributed by atoms with Crippen molar-refractivity contribution < 1.29 is 33.4 Å². The van der Waals surface area contributed by atoms with Crippen LogP contribution in [0.3, 0.4) is 0 Å². The molecule has 54 heavy (non-hydrogen) atoms. The number of nitrogens with one attached hydrogen (secondary N) is 1. The van der Waals surface area contributed by atoms with Gasteiger partial charge in [-0.15, -0.1) is 5.10 Å². The van der Waals surface area contributed by atoms with Gasteiger partial charge in [0.2, 0.25) is 23.6 Å². The molecular weight excluding hydrogens is 688 g/mol. The molecule has 1 atom stereocenters. The number of amides is 4. The summed E-state index contributed by atoms with van der Waals surface area (Å²) >= 11 is 0. The van der Waals surface area contributed by atoms with Crippen LogP contribution in [0.5, 0.6) is 0 Å². The molecule has 13 heteroatoms. The third kappa shape index (κ3) is 9.86. The normalized spacial score (nSPS) is 15.7. The number of hydrogen-bond donors (Lipinski definition) is 1. The summed E-state index contributed by atoms with van der Waals surface area (Å²) in [6.07, 6.45) is 1.34. The monoisotopic (exact) mass is 742 g/mol. The zero-order valence-electron chi connectivity index (χ0n) is 32.5. The third-order valence-electron chi connectivity index (χ3n) is 9.96. The molecule has 1 saturated heterocycles. The molecule has 290 valence electrons. The topological polar surface area (TPSA) is 153 Å².